The molecule has 0 bridgehead atoms. The topological polar surface area (TPSA) is 87.1 Å². The van der Waals surface area contributed by atoms with Crippen LogP contribution in [0.3, 0.4) is 0 Å². The fraction of sp³-hybridized carbons (Fsp3) is 0.467. The summed E-state index contributed by atoms with van der Waals surface area (Å²) in [5, 5.41) is 18.7. The Labute approximate surface area is 122 Å². The number of benzene rings is 1. The van der Waals surface area contributed by atoms with Crippen molar-refractivity contribution in [3.05, 3.63) is 29.8 Å². The highest BCUT2D eigenvalue weighted by atomic mass is 16.5. The Morgan fingerprint density at radius 2 is 2.19 bits per heavy atom. The first kappa shape index (κ1) is 15.3. The van der Waals surface area contributed by atoms with Crippen LogP contribution in [-0.4, -0.2) is 52.3 Å². The molecule has 2 N–H and O–H groups in total. The van der Waals surface area contributed by atoms with Gasteiger partial charge in [-0.15, -0.1) is 0 Å². The van der Waals surface area contributed by atoms with Gasteiger partial charge in [-0.05, 0) is 24.6 Å². The van der Waals surface area contributed by atoms with E-state index in [4.69, 9.17) is 9.84 Å². The molecule has 2 rings (SSSR count). The molecule has 1 fully saturated rings. The van der Waals surface area contributed by atoms with E-state index in [1.807, 2.05) is 6.92 Å². The van der Waals surface area contributed by atoms with Crippen molar-refractivity contribution in [2.45, 2.75) is 31.9 Å². The second-order valence-electron chi connectivity index (χ2n) is 5.08. The molecular weight excluding hydrogens is 274 g/mol. The Morgan fingerprint density at radius 1 is 1.43 bits per heavy atom. The lowest BCUT2D eigenvalue weighted by Gasteiger charge is -2.21. The lowest BCUT2D eigenvalue weighted by Crippen LogP contribution is -2.40. The Balaban J connectivity index is 2.17. The maximum atomic E-state index is 12.4. The normalized spacial score (nSPS) is 21.3. The van der Waals surface area contributed by atoms with E-state index in [1.54, 1.807) is 24.3 Å². The zero-order valence-electron chi connectivity index (χ0n) is 11.9. The summed E-state index contributed by atoms with van der Waals surface area (Å²) in [6.07, 6.45) is 0.125. The summed E-state index contributed by atoms with van der Waals surface area (Å²) in [7, 11) is 0. The molecule has 0 aliphatic carbocycles. The number of ether oxygens (including phenoxy) is 1. The molecule has 6 heteroatoms. The molecule has 0 radical (unpaired) electrons. The summed E-state index contributed by atoms with van der Waals surface area (Å²) in [5.74, 6) is -0.923. The molecule has 21 heavy (non-hydrogen) atoms. The average Bonchev–Trinajstić information content (AvgIpc) is 2.87. The SMILES string of the molecule is CCCOc1cccc(C(=O)N2C[C@H](O)C[C@H]2C(=O)O)c1. The number of aliphatic carboxylic acids is 1. The van der Waals surface area contributed by atoms with Crippen molar-refractivity contribution < 1.29 is 24.5 Å². The maximum Gasteiger partial charge on any atom is 0.326 e. The number of hydrogen-bond acceptors (Lipinski definition) is 4. The van der Waals surface area contributed by atoms with Gasteiger partial charge in [0.25, 0.3) is 5.91 Å². The highest BCUT2D eigenvalue weighted by molar-refractivity contribution is 5.97. The van der Waals surface area contributed by atoms with Crippen LogP contribution in [0, 0.1) is 0 Å². The van der Waals surface area contributed by atoms with E-state index in [0.717, 1.165) is 6.42 Å². The van der Waals surface area contributed by atoms with E-state index in [0.29, 0.717) is 17.9 Å². The second-order valence-corrected chi connectivity index (χ2v) is 5.08. The first-order valence-corrected chi connectivity index (χ1v) is 6.97. The Bertz CT molecular complexity index is 531. The predicted octanol–water partition coefficient (Wildman–Crippen LogP) is 1.14. The molecule has 6 nitrogen and oxygen atoms in total. The van der Waals surface area contributed by atoms with Crippen molar-refractivity contribution in [2.75, 3.05) is 13.2 Å². The number of likely N-dealkylation sites (tertiary alicyclic amines) is 1. The fourth-order valence-electron chi connectivity index (χ4n) is 2.38. The van der Waals surface area contributed by atoms with Gasteiger partial charge in [0, 0.05) is 18.5 Å². The average molecular weight is 293 g/mol. The van der Waals surface area contributed by atoms with Crippen LogP contribution in [0.25, 0.3) is 0 Å². The summed E-state index contributed by atoms with van der Waals surface area (Å²) in [4.78, 5) is 24.8. The van der Waals surface area contributed by atoms with Crippen LogP contribution < -0.4 is 4.74 Å². The Kier molecular flexibility index (Phi) is 4.80. The first-order valence-electron chi connectivity index (χ1n) is 6.97. The van der Waals surface area contributed by atoms with Crippen LogP contribution in [0.1, 0.15) is 30.1 Å². The number of carboxylic acids is 1. The molecule has 1 saturated heterocycles. The number of rotatable bonds is 5. The van der Waals surface area contributed by atoms with Gasteiger partial charge in [-0.3, -0.25) is 4.79 Å². The monoisotopic (exact) mass is 293 g/mol. The van der Waals surface area contributed by atoms with E-state index >= 15 is 0 Å². The number of aliphatic hydroxyl groups excluding tert-OH is 1. The molecule has 2 atom stereocenters. The molecule has 1 aliphatic rings. The van der Waals surface area contributed by atoms with Gasteiger partial charge < -0.3 is 19.8 Å². The van der Waals surface area contributed by atoms with Crippen LogP contribution in [-0.2, 0) is 4.79 Å². The molecule has 0 aromatic heterocycles. The quantitative estimate of drug-likeness (QED) is 0.850. The summed E-state index contributed by atoms with van der Waals surface area (Å²) < 4.78 is 5.47. The lowest BCUT2D eigenvalue weighted by atomic mass is 10.1. The molecular formula is C15H19NO5. The predicted molar refractivity (Wildman–Crippen MR) is 75.3 cm³/mol. The van der Waals surface area contributed by atoms with E-state index in [9.17, 15) is 14.7 Å². The van der Waals surface area contributed by atoms with Crippen molar-refractivity contribution in [3.63, 3.8) is 0 Å². The Hall–Kier alpha value is -2.08. The van der Waals surface area contributed by atoms with Crippen molar-refractivity contribution in [1.82, 2.24) is 4.90 Å². The third-order valence-electron chi connectivity index (χ3n) is 3.38. The molecule has 1 aromatic rings. The molecule has 1 heterocycles. The minimum Gasteiger partial charge on any atom is -0.494 e. The summed E-state index contributed by atoms with van der Waals surface area (Å²) in [6, 6.07) is 5.68. The molecule has 0 saturated carbocycles. The molecule has 0 unspecified atom stereocenters. The zero-order valence-corrected chi connectivity index (χ0v) is 11.9. The van der Waals surface area contributed by atoms with Gasteiger partial charge in [0.2, 0.25) is 0 Å². The third-order valence-corrected chi connectivity index (χ3v) is 3.38. The van der Waals surface area contributed by atoms with Crippen molar-refractivity contribution in [1.29, 1.82) is 0 Å². The number of carbonyl (C=O) groups excluding carboxylic acids is 1. The van der Waals surface area contributed by atoms with Gasteiger partial charge in [-0.1, -0.05) is 13.0 Å². The van der Waals surface area contributed by atoms with Gasteiger partial charge >= 0.3 is 5.97 Å². The van der Waals surface area contributed by atoms with Crippen LogP contribution in [0.5, 0.6) is 5.75 Å². The number of β-amino-alcohol motifs (C(OH)–C–C–N with tert-alkyl or cyclic N) is 1. The highest BCUT2D eigenvalue weighted by Gasteiger charge is 2.39. The van der Waals surface area contributed by atoms with Crippen LogP contribution in [0.4, 0.5) is 0 Å². The van der Waals surface area contributed by atoms with Crippen molar-refractivity contribution >= 4 is 11.9 Å². The van der Waals surface area contributed by atoms with E-state index in [2.05, 4.69) is 0 Å². The van der Waals surface area contributed by atoms with Crippen molar-refractivity contribution in [3.8, 4) is 5.75 Å². The maximum absolute atomic E-state index is 12.4. The second kappa shape index (κ2) is 6.58. The minimum absolute atomic E-state index is 0.0375. The first-order chi connectivity index (χ1) is 10.0. The summed E-state index contributed by atoms with van der Waals surface area (Å²) >= 11 is 0. The van der Waals surface area contributed by atoms with E-state index < -0.39 is 24.0 Å². The minimum atomic E-state index is -1.10. The van der Waals surface area contributed by atoms with Gasteiger partial charge in [0.1, 0.15) is 11.8 Å². The van der Waals surface area contributed by atoms with Crippen LogP contribution in [0.15, 0.2) is 24.3 Å². The molecule has 0 spiro atoms. The molecule has 1 aromatic carbocycles. The highest BCUT2D eigenvalue weighted by Crippen LogP contribution is 2.22. The molecule has 1 aliphatic heterocycles. The largest absolute Gasteiger partial charge is 0.494 e. The number of carboxylic acid groups (broad SMARTS) is 1. The number of amides is 1. The number of nitrogens with zero attached hydrogens (tertiary/aromatic N) is 1. The number of hydrogen-bond donors (Lipinski definition) is 2. The van der Waals surface area contributed by atoms with E-state index in [1.165, 1.54) is 4.90 Å². The molecule has 114 valence electrons. The lowest BCUT2D eigenvalue weighted by molar-refractivity contribution is -0.141. The summed E-state index contributed by atoms with van der Waals surface area (Å²) in [5.41, 5.74) is 0.365. The fourth-order valence-corrected chi connectivity index (χ4v) is 2.38. The van der Waals surface area contributed by atoms with Gasteiger partial charge in [-0.25, -0.2) is 4.79 Å². The molecule has 1 amide bonds. The number of aliphatic hydroxyl groups is 1. The van der Waals surface area contributed by atoms with Crippen LogP contribution >= 0.6 is 0 Å². The zero-order chi connectivity index (χ0) is 15.4. The van der Waals surface area contributed by atoms with Gasteiger partial charge in [0.15, 0.2) is 0 Å². The van der Waals surface area contributed by atoms with E-state index in [-0.39, 0.29) is 13.0 Å². The number of carbonyl (C=O) groups is 2. The standard InChI is InChI=1S/C15H19NO5/c1-2-6-21-12-5-3-4-10(7-12)14(18)16-9-11(17)8-13(16)15(19)20/h3-5,7,11,13,17H,2,6,8-9H2,1H3,(H,19,20)/t11-,13+/m1/s1. The summed E-state index contributed by atoms with van der Waals surface area (Å²) in [6.45, 7) is 2.58. The van der Waals surface area contributed by atoms with Gasteiger partial charge in [-0.2, -0.15) is 0 Å². The van der Waals surface area contributed by atoms with Gasteiger partial charge in [0.05, 0.1) is 12.7 Å². The Morgan fingerprint density at radius 3 is 2.86 bits per heavy atom. The smallest absolute Gasteiger partial charge is 0.326 e. The van der Waals surface area contributed by atoms with Crippen LogP contribution in [0.2, 0.25) is 0 Å². The van der Waals surface area contributed by atoms with Crippen molar-refractivity contribution in [2.24, 2.45) is 0 Å². The third kappa shape index (κ3) is 3.52.